The van der Waals surface area contributed by atoms with Crippen molar-refractivity contribution >= 4 is 21.6 Å². The number of nitrogens with one attached hydrogen (secondary N) is 1. The van der Waals surface area contributed by atoms with E-state index < -0.39 is 0 Å². The third kappa shape index (κ3) is 2.85. The van der Waals surface area contributed by atoms with Crippen molar-refractivity contribution in [1.29, 1.82) is 0 Å². The van der Waals surface area contributed by atoms with E-state index in [0.29, 0.717) is 0 Å². The van der Waals surface area contributed by atoms with Crippen molar-refractivity contribution in [2.24, 2.45) is 7.05 Å². The fraction of sp³-hybridized carbons (Fsp3) is 0.250. The Morgan fingerprint density at radius 3 is 2.62 bits per heavy atom. The summed E-state index contributed by atoms with van der Waals surface area (Å²) in [6.07, 6.45) is 2.81. The smallest absolute Gasteiger partial charge is 0.0492 e. The molecule has 0 saturated heterocycles. The average molecular weight is 280 g/mol. The van der Waals surface area contributed by atoms with Crippen molar-refractivity contribution in [2.75, 3.05) is 11.9 Å². The highest BCUT2D eigenvalue weighted by Crippen LogP contribution is 2.13. The van der Waals surface area contributed by atoms with E-state index in [1.54, 1.807) is 0 Å². The highest BCUT2D eigenvalue weighted by Gasteiger charge is 1.97. The van der Waals surface area contributed by atoms with Gasteiger partial charge in [-0.15, -0.1) is 0 Å². The van der Waals surface area contributed by atoms with Crippen molar-refractivity contribution in [2.45, 2.75) is 6.42 Å². The molecule has 2 rings (SSSR count). The molecule has 1 aromatic carbocycles. The van der Waals surface area contributed by atoms with E-state index in [0.717, 1.165) is 23.1 Å². The van der Waals surface area contributed by atoms with Gasteiger partial charge >= 0.3 is 0 Å². The van der Waals surface area contributed by atoms with Crippen LogP contribution in [0.3, 0.4) is 0 Å². The molecule has 1 aromatic heterocycles. The fourth-order valence-corrected chi connectivity index (χ4v) is 1.81. The van der Waals surface area contributed by atoms with Crippen LogP contribution in [0.1, 0.15) is 5.69 Å². The molecule has 0 aliphatic rings. The second kappa shape index (κ2) is 5.16. The lowest BCUT2D eigenvalue weighted by Gasteiger charge is -2.06. The molecule has 1 heterocycles. The molecule has 2 aromatic rings. The van der Waals surface area contributed by atoms with Gasteiger partial charge in [-0.1, -0.05) is 15.9 Å². The zero-order valence-corrected chi connectivity index (χ0v) is 10.7. The Balaban J connectivity index is 1.84. The highest BCUT2D eigenvalue weighted by atomic mass is 79.9. The standard InChI is InChI=1S/C12H14BrN3/c1-16-12(7-9-15-16)6-8-14-11-4-2-10(13)3-5-11/h2-5,7,9,14H,6,8H2,1H3. The van der Waals surface area contributed by atoms with Gasteiger partial charge in [0.25, 0.3) is 0 Å². The number of nitrogens with zero attached hydrogens (tertiary/aromatic N) is 2. The maximum Gasteiger partial charge on any atom is 0.0492 e. The molecule has 0 fully saturated rings. The molecule has 0 atom stereocenters. The Morgan fingerprint density at radius 2 is 2.00 bits per heavy atom. The van der Waals surface area contributed by atoms with E-state index in [2.05, 4.69) is 38.5 Å². The lowest BCUT2D eigenvalue weighted by molar-refractivity contribution is 0.711. The van der Waals surface area contributed by atoms with Crippen LogP contribution in [-0.2, 0) is 13.5 Å². The van der Waals surface area contributed by atoms with E-state index >= 15 is 0 Å². The Hall–Kier alpha value is -1.29. The summed E-state index contributed by atoms with van der Waals surface area (Å²) in [7, 11) is 1.97. The van der Waals surface area contributed by atoms with Gasteiger partial charge in [0.05, 0.1) is 0 Å². The summed E-state index contributed by atoms with van der Waals surface area (Å²) in [5, 5.41) is 7.51. The van der Waals surface area contributed by atoms with Gasteiger partial charge in [-0.05, 0) is 30.3 Å². The number of anilines is 1. The van der Waals surface area contributed by atoms with Crippen LogP contribution >= 0.6 is 15.9 Å². The SMILES string of the molecule is Cn1nccc1CCNc1ccc(Br)cc1. The third-order valence-electron chi connectivity index (χ3n) is 2.48. The maximum atomic E-state index is 4.14. The molecular weight excluding hydrogens is 266 g/mol. The van der Waals surface area contributed by atoms with Gasteiger partial charge < -0.3 is 5.32 Å². The molecule has 84 valence electrons. The van der Waals surface area contributed by atoms with Crippen LogP contribution in [0.5, 0.6) is 0 Å². The van der Waals surface area contributed by atoms with Gasteiger partial charge in [-0.2, -0.15) is 5.10 Å². The van der Waals surface area contributed by atoms with Crippen molar-refractivity contribution in [3.8, 4) is 0 Å². The second-order valence-electron chi connectivity index (χ2n) is 3.63. The molecule has 1 N–H and O–H groups in total. The molecule has 16 heavy (non-hydrogen) atoms. The summed E-state index contributed by atoms with van der Waals surface area (Å²) >= 11 is 3.42. The van der Waals surface area contributed by atoms with E-state index in [-0.39, 0.29) is 0 Å². The zero-order valence-electron chi connectivity index (χ0n) is 9.15. The largest absolute Gasteiger partial charge is 0.385 e. The minimum Gasteiger partial charge on any atom is -0.385 e. The van der Waals surface area contributed by atoms with Gasteiger partial charge in [0.2, 0.25) is 0 Å². The first-order chi connectivity index (χ1) is 7.75. The summed E-state index contributed by atoms with van der Waals surface area (Å²) < 4.78 is 3.01. The molecule has 0 spiro atoms. The quantitative estimate of drug-likeness (QED) is 0.933. The Kier molecular flexibility index (Phi) is 3.62. The van der Waals surface area contributed by atoms with Crippen molar-refractivity contribution < 1.29 is 0 Å². The number of aromatic nitrogens is 2. The van der Waals surface area contributed by atoms with E-state index in [1.807, 2.05) is 36.1 Å². The maximum absolute atomic E-state index is 4.14. The lowest BCUT2D eigenvalue weighted by Crippen LogP contribution is -2.08. The number of benzene rings is 1. The van der Waals surface area contributed by atoms with E-state index in [4.69, 9.17) is 0 Å². The number of aryl methyl sites for hydroxylation is 1. The van der Waals surface area contributed by atoms with Crippen molar-refractivity contribution in [3.05, 3.63) is 46.7 Å². The predicted molar refractivity (Wildman–Crippen MR) is 69.5 cm³/mol. The molecule has 0 radical (unpaired) electrons. The summed E-state index contributed by atoms with van der Waals surface area (Å²) in [4.78, 5) is 0. The normalized spacial score (nSPS) is 10.4. The molecule has 0 aliphatic carbocycles. The molecule has 3 nitrogen and oxygen atoms in total. The van der Waals surface area contributed by atoms with Crippen LogP contribution in [0.2, 0.25) is 0 Å². The Labute approximate surface area is 104 Å². The number of hydrogen-bond donors (Lipinski definition) is 1. The number of halogens is 1. The molecule has 0 amide bonds. The lowest BCUT2D eigenvalue weighted by atomic mass is 10.3. The first-order valence-electron chi connectivity index (χ1n) is 5.22. The van der Waals surface area contributed by atoms with Gasteiger partial charge in [0.15, 0.2) is 0 Å². The van der Waals surface area contributed by atoms with Crippen LogP contribution in [0.15, 0.2) is 41.0 Å². The van der Waals surface area contributed by atoms with Crippen LogP contribution in [0, 0.1) is 0 Å². The summed E-state index contributed by atoms with van der Waals surface area (Å²) in [5.74, 6) is 0. The Bertz CT molecular complexity index is 448. The highest BCUT2D eigenvalue weighted by molar-refractivity contribution is 9.10. The van der Waals surface area contributed by atoms with Crippen molar-refractivity contribution in [1.82, 2.24) is 9.78 Å². The molecule has 0 saturated carbocycles. The van der Waals surface area contributed by atoms with Gasteiger partial charge in [-0.25, -0.2) is 0 Å². The summed E-state index contributed by atoms with van der Waals surface area (Å²) in [6, 6.07) is 10.2. The summed E-state index contributed by atoms with van der Waals surface area (Å²) in [6.45, 7) is 0.918. The first-order valence-corrected chi connectivity index (χ1v) is 6.01. The van der Waals surface area contributed by atoms with Crippen LogP contribution in [0.25, 0.3) is 0 Å². The van der Waals surface area contributed by atoms with Gasteiger partial charge in [0.1, 0.15) is 0 Å². The van der Waals surface area contributed by atoms with Crippen LogP contribution in [0.4, 0.5) is 5.69 Å². The number of hydrogen-bond acceptors (Lipinski definition) is 2. The minimum absolute atomic E-state index is 0.918. The van der Waals surface area contributed by atoms with Crippen LogP contribution in [-0.4, -0.2) is 16.3 Å². The molecule has 0 bridgehead atoms. The average Bonchev–Trinajstić information content (AvgIpc) is 2.68. The third-order valence-corrected chi connectivity index (χ3v) is 3.01. The van der Waals surface area contributed by atoms with E-state index in [9.17, 15) is 0 Å². The molecule has 0 unspecified atom stereocenters. The fourth-order valence-electron chi connectivity index (χ4n) is 1.55. The summed E-state index contributed by atoms with van der Waals surface area (Å²) in [5.41, 5.74) is 2.38. The van der Waals surface area contributed by atoms with Gasteiger partial charge in [0, 0.05) is 42.1 Å². The minimum atomic E-state index is 0.918. The van der Waals surface area contributed by atoms with E-state index in [1.165, 1.54) is 5.69 Å². The van der Waals surface area contributed by atoms with Crippen LogP contribution < -0.4 is 5.32 Å². The molecule has 4 heteroatoms. The van der Waals surface area contributed by atoms with Gasteiger partial charge in [-0.3, -0.25) is 4.68 Å². The Morgan fingerprint density at radius 1 is 1.25 bits per heavy atom. The monoisotopic (exact) mass is 279 g/mol. The zero-order chi connectivity index (χ0) is 11.4. The molecule has 0 aliphatic heterocycles. The van der Waals surface area contributed by atoms with Crippen molar-refractivity contribution in [3.63, 3.8) is 0 Å². The first kappa shape index (κ1) is 11.2. The predicted octanol–water partition coefficient (Wildman–Crippen LogP) is 2.84. The number of rotatable bonds is 4. The topological polar surface area (TPSA) is 29.9 Å². The second-order valence-corrected chi connectivity index (χ2v) is 4.55. The molecular formula is C12H14BrN3.